The van der Waals surface area contributed by atoms with Crippen LogP contribution in [0.25, 0.3) is 0 Å². The van der Waals surface area contributed by atoms with E-state index >= 15 is 0 Å². The van der Waals surface area contributed by atoms with Crippen LogP contribution in [0.4, 0.5) is 5.69 Å². The fraction of sp³-hybridized carbons (Fsp3) is 0.500. The molecule has 0 saturated carbocycles. The molecule has 1 fully saturated rings. The highest BCUT2D eigenvalue weighted by Crippen LogP contribution is 2.31. The molecule has 1 unspecified atom stereocenters. The first-order valence-electron chi connectivity index (χ1n) is 6.54. The van der Waals surface area contributed by atoms with Gasteiger partial charge in [-0.25, -0.2) is 8.42 Å². The molecule has 116 valence electrons. The molecule has 0 aliphatic carbocycles. The van der Waals surface area contributed by atoms with Gasteiger partial charge in [0.1, 0.15) is 0 Å². The first-order chi connectivity index (χ1) is 9.87. The van der Waals surface area contributed by atoms with Crippen LogP contribution in [0.2, 0.25) is 5.02 Å². The Bertz CT molecular complexity index is 644. The second-order valence-corrected chi connectivity index (χ2v) is 7.02. The van der Waals surface area contributed by atoms with Crippen LogP contribution < -0.4 is 5.32 Å². The van der Waals surface area contributed by atoms with E-state index in [1.807, 2.05) is 0 Å². The average molecular weight is 334 g/mol. The molecule has 1 aromatic carbocycles. The van der Waals surface area contributed by atoms with E-state index in [0.717, 1.165) is 12.6 Å². The van der Waals surface area contributed by atoms with E-state index in [2.05, 4.69) is 5.32 Å². The second kappa shape index (κ2) is 6.27. The molecule has 0 radical (unpaired) electrons. The average Bonchev–Trinajstić information content (AvgIpc) is 2.92. The SMILES string of the molecule is CCN(C1CCNC1)S(=O)(=O)c1ccc(Cl)cc1[N+](=O)[O-]. The zero-order valence-corrected chi connectivity index (χ0v) is 13.0. The van der Waals surface area contributed by atoms with Crippen molar-refractivity contribution in [3.63, 3.8) is 0 Å². The molecule has 1 aromatic rings. The maximum atomic E-state index is 12.7. The number of nitro groups is 1. The van der Waals surface area contributed by atoms with Gasteiger partial charge < -0.3 is 5.32 Å². The highest BCUT2D eigenvalue weighted by atomic mass is 35.5. The topological polar surface area (TPSA) is 92.6 Å². The number of nitro benzene ring substituents is 1. The molecule has 1 N–H and O–H groups in total. The fourth-order valence-corrected chi connectivity index (χ4v) is 4.46. The molecule has 0 spiro atoms. The van der Waals surface area contributed by atoms with Gasteiger partial charge in [-0.2, -0.15) is 4.31 Å². The summed E-state index contributed by atoms with van der Waals surface area (Å²) in [4.78, 5) is 10.1. The Balaban J connectivity index is 2.49. The largest absolute Gasteiger partial charge is 0.315 e. The summed E-state index contributed by atoms with van der Waals surface area (Å²) in [5.41, 5.74) is -0.494. The van der Waals surface area contributed by atoms with Gasteiger partial charge in [-0.15, -0.1) is 0 Å². The monoisotopic (exact) mass is 333 g/mol. The van der Waals surface area contributed by atoms with Crippen molar-refractivity contribution in [2.45, 2.75) is 24.3 Å². The van der Waals surface area contributed by atoms with Crippen LogP contribution >= 0.6 is 11.6 Å². The normalized spacial score (nSPS) is 19.1. The van der Waals surface area contributed by atoms with Crippen LogP contribution in [0.1, 0.15) is 13.3 Å². The number of nitrogens with zero attached hydrogens (tertiary/aromatic N) is 2. The Morgan fingerprint density at radius 1 is 1.52 bits per heavy atom. The van der Waals surface area contributed by atoms with E-state index in [0.29, 0.717) is 13.0 Å². The minimum atomic E-state index is -3.93. The number of likely N-dealkylation sites (N-methyl/N-ethyl adjacent to an activating group) is 1. The summed E-state index contributed by atoms with van der Waals surface area (Å²) in [6.07, 6.45) is 0.689. The van der Waals surface area contributed by atoms with Crippen LogP contribution in [-0.4, -0.2) is 43.3 Å². The third-order valence-electron chi connectivity index (χ3n) is 3.46. The molecule has 2 rings (SSSR count). The lowest BCUT2D eigenvalue weighted by atomic mass is 10.3. The van der Waals surface area contributed by atoms with E-state index < -0.39 is 20.6 Å². The standard InChI is InChI=1S/C12H16ClN3O4S/c1-2-15(10-5-6-14-8-10)21(19,20)12-4-3-9(13)7-11(12)16(17)18/h3-4,7,10,14H,2,5-6,8H2,1H3. The van der Waals surface area contributed by atoms with Gasteiger partial charge in [-0.3, -0.25) is 10.1 Å². The van der Waals surface area contributed by atoms with Gasteiger partial charge in [0.05, 0.1) is 4.92 Å². The van der Waals surface area contributed by atoms with E-state index in [1.165, 1.54) is 16.4 Å². The van der Waals surface area contributed by atoms with Gasteiger partial charge in [0, 0.05) is 30.2 Å². The Labute approximate surface area is 128 Å². The zero-order valence-electron chi connectivity index (χ0n) is 11.5. The highest BCUT2D eigenvalue weighted by Gasteiger charge is 2.36. The van der Waals surface area contributed by atoms with Crippen molar-refractivity contribution in [2.75, 3.05) is 19.6 Å². The zero-order chi connectivity index (χ0) is 15.6. The molecule has 21 heavy (non-hydrogen) atoms. The van der Waals surface area contributed by atoms with Gasteiger partial charge in [0.15, 0.2) is 4.90 Å². The molecule has 1 heterocycles. The summed E-state index contributed by atoms with van der Waals surface area (Å²) < 4.78 is 26.8. The number of rotatable bonds is 5. The van der Waals surface area contributed by atoms with Crippen LogP contribution in [-0.2, 0) is 10.0 Å². The van der Waals surface area contributed by atoms with Crippen molar-refractivity contribution in [1.82, 2.24) is 9.62 Å². The smallest absolute Gasteiger partial charge is 0.290 e. The van der Waals surface area contributed by atoms with Gasteiger partial charge in [0.25, 0.3) is 5.69 Å². The number of halogens is 1. The summed E-state index contributed by atoms with van der Waals surface area (Å²) in [7, 11) is -3.93. The predicted molar refractivity (Wildman–Crippen MR) is 78.9 cm³/mol. The van der Waals surface area contributed by atoms with Gasteiger partial charge in [-0.1, -0.05) is 18.5 Å². The van der Waals surface area contributed by atoms with E-state index in [1.54, 1.807) is 6.92 Å². The van der Waals surface area contributed by atoms with Gasteiger partial charge in [-0.05, 0) is 25.1 Å². The molecule has 0 bridgehead atoms. The van der Waals surface area contributed by atoms with Crippen LogP contribution in [0.5, 0.6) is 0 Å². The van der Waals surface area contributed by atoms with E-state index in [9.17, 15) is 18.5 Å². The minimum Gasteiger partial charge on any atom is -0.315 e. The van der Waals surface area contributed by atoms with Crippen molar-refractivity contribution in [1.29, 1.82) is 0 Å². The molecule has 1 aliphatic rings. The van der Waals surface area contributed by atoms with Crippen LogP contribution in [0, 0.1) is 10.1 Å². The number of hydrogen-bond acceptors (Lipinski definition) is 5. The van der Waals surface area contributed by atoms with Crippen molar-refractivity contribution < 1.29 is 13.3 Å². The van der Waals surface area contributed by atoms with Crippen molar-refractivity contribution in [3.8, 4) is 0 Å². The molecular formula is C12H16ClN3O4S. The molecule has 9 heteroatoms. The summed E-state index contributed by atoms with van der Waals surface area (Å²) in [5.74, 6) is 0. The molecule has 7 nitrogen and oxygen atoms in total. The molecule has 0 amide bonds. The number of sulfonamides is 1. The maximum absolute atomic E-state index is 12.7. The number of hydrogen-bond donors (Lipinski definition) is 1. The first kappa shape index (κ1) is 16.2. The molecule has 1 atom stereocenters. The third-order valence-corrected chi connectivity index (χ3v) is 5.77. The van der Waals surface area contributed by atoms with Crippen LogP contribution in [0.15, 0.2) is 23.1 Å². The number of benzene rings is 1. The lowest BCUT2D eigenvalue weighted by Crippen LogP contribution is -2.41. The fourth-order valence-electron chi connectivity index (χ4n) is 2.49. The Morgan fingerprint density at radius 3 is 2.76 bits per heavy atom. The van der Waals surface area contributed by atoms with Crippen LogP contribution in [0.3, 0.4) is 0 Å². The van der Waals surface area contributed by atoms with Crippen molar-refractivity contribution in [2.24, 2.45) is 0 Å². The summed E-state index contributed by atoms with van der Waals surface area (Å²) in [5, 5.41) is 14.3. The molecule has 1 aliphatic heterocycles. The van der Waals surface area contributed by atoms with Gasteiger partial charge >= 0.3 is 0 Å². The van der Waals surface area contributed by atoms with E-state index in [-0.39, 0.29) is 22.5 Å². The Kier molecular flexibility index (Phi) is 4.82. The quantitative estimate of drug-likeness (QED) is 0.653. The van der Waals surface area contributed by atoms with Crippen molar-refractivity contribution >= 4 is 27.3 Å². The molecular weight excluding hydrogens is 318 g/mol. The second-order valence-electron chi connectivity index (χ2n) is 4.72. The Hall–Kier alpha value is -1.22. The van der Waals surface area contributed by atoms with Crippen molar-refractivity contribution in [3.05, 3.63) is 33.3 Å². The Morgan fingerprint density at radius 2 is 2.24 bits per heavy atom. The van der Waals surface area contributed by atoms with Gasteiger partial charge in [0.2, 0.25) is 10.0 Å². The lowest BCUT2D eigenvalue weighted by molar-refractivity contribution is -0.387. The molecule has 0 aromatic heterocycles. The summed E-state index contributed by atoms with van der Waals surface area (Å²) in [6.45, 7) is 3.26. The minimum absolute atomic E-state index is 0.131. The van der Waals surface area contributed by atoms with E-state index in [4.69, 9.17) is 11.6 Å². The summed E-state index contributed by atoms with van der Waals surface area (Å²) in [6, 6.07) is 3.42. The maximum Gasteiger partial charge on any atom is 0.290 e. The number of nitrogens with one attached hydrogen (secondary N) is 1. The predicted octanol–water partition coefficient (Wildman–Crippen LogP) is 1.62. The summed E-state index contributed by atoms with van der Waals surface area (Å²) >= 11 is 5.73. The highest BCUT2D eigenvalue weighted by molar-refractivity contribution is 7.89. The first-order valence-corrected chi connectivity index (χ1v) is 8.36. The third kappa shape index (κ3) is 3.18. The lowest BCUT2D eigenvalue weighted by Gasteiger charge is -2.26. The molecule has 1 saturated heterocycles.